The largest absolute Gasteiger partial charge is 0.491 e. The molecule has 0 saturated heterocycles. The normalized spacial score (nSPS) is 12.0. The van der Waals surface area contributed by atoms with Crippen molar-refractivity contribution in [2.75, 3.05) is 20.2 Å². The predicted octanol–water partition coefficient (Wildman–Crippen LogP) is 1.63. The zero-order valence-corrected chi connectivity index (χ0v) is 11.6. The number of nitrogens with zero attached hydrogens (tertiary/aromatic N) is 1. The number of rotatable bonds is 5. The molecule has 0 heterocycles. The number of carbonyl (C=O) groups excluding carboxylic acids is 1. The Hall–Kier alpha value is -1.07. The van der Waals surface area contributed by atoms with Crippen molar-refractivity contribution < 1.29 is 9.53 Å². The summed E-state index contributed by atoms with van der Waals surface area (Å²) >= 11 is 3.39. The summed E-state index contributed by atoms with van der Waals surface area (Å²) in [7, 11) is 1.72. The molecule has 0 aliphatic carbocycles. The van der Waals surface area contributed by atoms with Crippen LogP contribution in [0.5, 0.6) is 5.75 Å². The lowest BCUT2D eigenvalue weighted by Crippen LogP contribution is -2.41. The molecule has 0 spiro atoms. The Morgan fingerprint density at radius 2 is 2.18 bits per heavy atom. The van der Waals surface area contributed by atoms with Crippen LogP contribution in [0.4, 0.5) is 0 Å². The third-order valence-electron chi connectivity index (χ3n) is 2.29. The standard InChI is InChI=1S/C12H17BrN2O2/c1-9(14)12(16)15(2)7-8-17-11-6-4-3-5-10(11)13/h3-6,9H,7-8,14H2,1-2H3. The second-order valence-corrected chi connectivity index (χ2v) is 4.68. The van der Waals surface area contributed by atoms with Crippen LogP contribution in [-0.4, -0.2) is 37.0 Å². The van der Waals surface area contributed by atoms with Gasteiger partial charge in [0.1, 0.15) is 12.4 Å². The molecule has 4 nitrogen and oxygen atoms in total. The van der Waals surface area contributed by atoms with Crippen LogP contribution < -0.4 is 10.5 Å². The molecular weight excluding hydrogens is 284 g/mol. The van der Waals surface area contributed by atoms with E-state index in [9.17, 15) is 4.79 Å². The van der Waals surface area contributed by atoms with E-state index in [1.807, 2.05) is 24.3 Å². The molecule has 17 heavy (non-hydrogen) atoms. The van der Waals surface area contributed by atoms with E-state index in [0.29, 0.717) is 13.2 Å². The Bertz CT molecular complexity index is 383. The highest BCUT2D eigenvalue weighted by molar-refractivity contribution is 9.10. The topological polar surface area (TPSA) is 55.6 Å². The maximum Gasteiger partial charge on any atom is 0.239 e. The van der Waals surface area contributed by atoms with Gasteiger partial charge in [0, 0.05) is 7.05 Å². The number of nitrogens with two attached hydrogens (primary N) is 1. The average Bonchev–Trinajstić information content (AvgIpc) is 2.30. The molecule has 0 saturated carbocycles. The molecule has 1 rings (SSSR count). The molecular formula is C12H17BrN2O2. The zero-order valence-electron chi connectivity index (χ0n) is 10.0. The van der Waals surface area contributed by atoms with Gasteiger partial charge in [-0.05, 0) is 35.0 Å². The Labute approximate surface area is 110 Å². The van der Waals surface area contributed by atoms with Gasteiger partial charge < -0.3 is 15.4 Å². The molecule has 0 radical (unpaired) electrons. The second kappa shape index (κ2) is 6.61. The summed E-state index contributed by atoms with van der Waals surface area (Å²) in [5, 5.41) is 0. The highest BCUT2D eigenvalue weighted by Crippen LogP contribution is 2.23. The number of halogens is 1. The van der Waals surface area contributed by atoms with E-state index in [0.717, 1.165) is 10.2 Å². The molecule has 2 N–H and O–H groups in total. The number of hydrogen-bond acceptors (Lipinski definition) is 3. The fourth-order valence-corrected chi connectivity index (χ4v) is 1.71. The van der Waals surface area contributed by atoms with Gasteiger partial charge in [-0.15, -0.1) is 0 Å². The molecule has 1 aromatic carbocycles. The highest BCUT2D eigenvalue weighted by atomic mass is 79.9. The smallest absolute Gasteiger partial charge is 0.239 e. The van der Waals surface area contributed by atoms with Crippen molar-refractivity contribution >= 4 is 21.8 Å². The Morgan fingerprint density at radius 3 is 2.76 bits per heavy atom. The van der Waals surface area contributed by atoms with E-state index in [4.69, 9.17) is 10.5 Å². The summed E-state index contributed by atoms with van der Waals surface area (Å²) in [6.45, 7) is 2.63. The maximum absolute atomic E-state index is 11.5. The maximum atomic E-state index is 11.5. The number of carbonyl (C=O) groups is 1. The van der Waals surface area contributed by atoms with Gasteiger partial charge in [0.2, 0.25) is 5.91 Å². The molecule has 0 aliphatic heterocycles. The molecule has 94 valence electrons. The van der Waals surface area contributed by atoms with Gasteiger partial charge in [-0.2, -0.15) is 0 Å². The molecule has 0 fully saturated rings. The number of likely N-dealkylation sites (N-methyl/N-ethyl adjacent to an activating group) is 1. The van der Waals surface area contributed by atoms with E-state index in [-0.39, 0.29) is 5.91 Å². The van der Waals surface area contributed by atoms with Crippen molar-refractivity contribution in [2.24, 2.45) is 5.73 Å². The van der Waals surface area contributed by atoms with E-state index in [2.05, 4.69) is 15.9 Å². The van der Waals surface area contributed by atoms with Gasteiger partial charge in [-0.3, -0.25) is 4.79 Å². The van der Waals surface area contributed by atoms with Crippen LogP contribution >= 0.6 is 15.9 Å². The number of hydrogen-bond donors (Lipinski definition) is 1. The van der Waals surface area contributed by atoms with Gasteiger partial charge in [0.25, 0.3) is 0 Å². The van der Waals surface area contributed by atoms with Crippen molar-refractivity contribution in [1.29, 1.82) is 0 Å². The number of ether oxygens (including phenoxy) is 1. The molecule has 1 unspecified atom stereocenters. The van der Waals surface area contributed by atoms with Gasteiger partial charge in [-0.25, -0.2) is 0 Å². The average molecular weight is 301 g/mol. The summed E-state index contributed by atoms with van der Waals surface area (Å²) in [4.78, 5) is 13.1. The van der Waals surface area contributed by atoms with Crippen LogP contribution in [0.1, 0.15) is 6.92 Å². The number of amides is 1. The van der Waals surface area contributed by atoms with E-state index in [1.165, 1.54) is 0 Å². The Kier molecular flexibility index (Phi) is 5.44. The van der Waals surface area contributed by atoms with Gasteiger partial charge in [0.15, 0.2) is 0 Å². The summed E-state index contributed by atoms with van der Waals surface area (Å²) in [5.74, 6) is 0.690. The van der Waals surface area contributed by atoms with Crippen LogP contribution in [0.2, 0.25) is 0 Å². The molecule has 1 atom stereocenters. The van der Waals surface area contributed by atoms with Crippen LogP contribution in [-0.2, 0) is 4.79 Å². The zero-order chi connectivity index (χ0) is 12.8. The fraction of sp³-hybridized carbons (Fsp3) is 0.417. The first kappa shape index (κ1) is 14.0. The van der Waals surface area contributed by atoms with Crippen LogP contribution in [0.25, 0.3) is 0 Å². The minimum atomic E-state index is -0.469. The SMILES string of the molecule is CC(N)C(=O)N(C)CCOc1ccccc1Br. The van der Waals surface area contributed by atoms with Gasteiger partial charge >= 0.3 is 0 Å². The Balaban J connectivity index is 2.38. The van der Waals surface area contributed by atoms with Crippen molar-refractivity contribution in [3.05, 3.63) is 28.7 Å². The lowest BCUT2D eigenvalue weighted by molar-refractivity contribution is -0.131. The number of para-hydroxylation sites is 1. The second-order valence-electron chi connectivity index (χ2n) is 3.83. The van der Waals surface area contributed by atoms with Crippen LogP contribution in [0.15, 0.2) is 28.7 Å². The number of benzene rings is 1. The third kappa shape index (κ3) is 4.36. The van der Waals surface area contributed by atoms with E-state index < -0.39 is 6.04 Å². The van der Waals surface area contributed by atoms with Crippen LogP contribution in [0, 0.1) is 0 Å². The summed E-state index contributed by atoms with van der Waals surface area (Å²) < 4.78 is 6.46. The molecule has 1 amide bonds. The first-order chi connectivity index (χ1) is 8.02. The minimum Gasteiger partial charge on any atom is -0.491 e. The first-order valence-corrected chi connectivity index (χ1v) is 6.19. The van der Waals surface area contributed by atoms with Gasteiger partial charge in [-0.1, -0.05) is 12.1 Å². The minimum absolute atomic E-state index is 0.0827. The Morgan fingerprint density at radius 1 is 1.53 bits per heavy atom. The first-order valence-electron chi connectivity index (χ1n) is 5.40. The molecule has 0 bridgehead atoms. The molecule has 1 aromatic rings. The fourth-order valence-electron chi connectivity index (χ4n) is 1.31. The third-order valence-corrected chi connectivity index (χ3v) is 2.94. The monoisotopic (exact) mass is 300 g/mol. The summed E-state index contributed by atoms with van der Waals surface area (Å²) in [6, 6.07) is 7.13. The highest BCUT2D eigenvalue weighted by Gasteiger charge is 2.12. The summed E-state index contributed by atoms with van der Waals surface area (Å²) in [6.07, 6.45) is 0. The lowest BCUT2D eigenvalue weighted by atomic mass is 10.3. The van der Waals surface area contributed by atoms with Crippen LogP contribution in [0.3, 0.4) is 0 Å². The quantitative estimate of drug-likeness (QED) is 0.899. The molecule has 0 aliphatic rings. The van der Waals surface area contributed by atoms with Crippen molar-refractivity contribution in [1.82, 2.24) is 4.90 Å². The molecule has 5 heteroatoms. The molecule has 0 aromatic heterocycles. The predicted molar refractivity (Wildman–Crippen MR) is 70.9 cm³/mol. The van der Waals surface area contributed by atoms with Crippen molar-refractivity contribution in [3.8, 4) is 5.75 Å². The lowest BCUT2D eigenvalue weighted by Gasteiger charge is -2.19. The van der Waals surface area contributed by atoms with E-state index >= 15 is 0 Å². The van der Waals surface area contributed by atoms with Gasteiger partial charge in [0.05, 0.1) is 17.1 Å². The summed E-state index contributed by atoms with van der Waals surface area (Å²) in [5.41, 5.74) is 5.50. The van der Waals surface area contributed by atoms with E-state index in [1.54, 1.807) is 18.9 Å². The van der Waals surface area contributed by atoms with Crippen molar-refractivity contribution in [3.63, 3.8) is 0 Å². The van der Waals surface area contributed by atoms with Crippen molar-refractivity contribution in [2.45, 2.75) is 13.0 Å².